The topological polar surface area (TPSA) is 145 Å². The third-order valence-electron chi connectivity index (χ3n) is 3.43. The first kappa shape index (κ1) is 20.3. The maximum absolute atomic E-state index is 11.9. The van der Waals surface area contributed by atoms with Crippen LogP contribution in [0.2, 0.25) is 0 Å². The summed E-state index contributed by atoms with van der Waals surface area (Å²) in [7, 11) is 0. The fourth-order valence-electron chi connectivity index (χ4n) is 2.15. The van der Waals surface area contributed by atoms with Gasteiger partial charge in [0.1, 0.15) is 0 Å². The van der Waals surface area contributed by atoms with E-state index in [1.54, 1.807) is 29.9 Å². The highest BCUT2D eigenvalue weighted by molar-refractivity contribution is 7.14. The molecule has 0 saturated carbocycles. The number of thiazole rings is 1. The third-order valence-corrected chi connectivity index (χ3v) is 4.35. The van der Waals surface area contributed by atoms with E-state index in [2.05, 4.69) is 15.3 Å². The number of hydrogen-bond donors (Lipinski definition) is 4. The van der Waals surface area contributed by atoms with Gasteiger partial charge in [0.05, 0.1) is 18.7 Å². The first-order valence-corrected chi connectivity index (χ1v) is 8.91. The van der Waals surface area contributed by atoms with E-state index in [0.717, 1.165) is 21.8 Å². The second kappa shape index (κ2) is 10.2. The molecule has 0 saturated heterocycles. The van der Waals surface area contributed by atoms with Crippen LogP contribution in [0.4, 0.5) is 9.93 Å². The molecule has 2 heterocycles. The van der Waals surface area contributed by atoms with Crippen molar-refractivity contribution in [3.05, 3.63) is 41.2 Å². The molecule has 0 aliphatic rings. The minimum atomic E-state index is -1.15. The fraction of sp³-hybridized carbons (Fsp3) is 0.312. The van der Waals surface area contributed by atoms with Crippen LogP contribution in [0.1, 0.15) is 24.1 Å². The summed E-state index contributed by atoms with van der Waals surface area (Å²) in [6.45, 7) is 0.390. The summed E-state index contributed by atoms with van der Waals surface area (Å²) in [6, 6.07) is 3.49. The summed E-state index contributed by atoms with van der Waals surface area (Å²) in [5, 5.41) is 22.3. The van der Waals surface area contributed by atoms with Gasteiger partial charge in [-0.05, 0) is 18.1 Å². The lowest BCUT2D eigenvalue weighted by atomic mass is 10.3. The molecule has 0 aromatic carbocycles. The number of amides is 3. The second-order valence-corrected chi connectivity index (χ2v) is 6.35. The van der Waals surface area contributed by atoms with Gasteiger partial charge >= 0.3 is 6.09 Å². The Bertz CT molecular complexity index is 783. The van der Waals surface area contributed by atoms with Gasteiger partial charge in [0.2, 0.25) is 11.8 Å². The predicted octanol–water partition coefficient (Wildman–Crippen LogP) is 1.17. The molecule has 0 aliphatic heterocycles. The van der Waals surface area contributed by atoms with Crippen LogP contribution < -0.4 is 15.7 Å². The van der Waals surface area contributed by atoms with Crippen molar-refractivity contribution in [2.45, 2.75) is 25.8 Å². The molecule has 4 N–H and O–H groups in total. The van der Waals surface area contributed by atoms with E-state index < -0.39 is 12.0 Å². The second-order valence-electron chi connectivity index (χ2n) is 5.52. The normalized spacial score (nSPS) is 10.3. The van der Waals surface area contributed by atoms with Crippen molar-refractivity contribution in [2.24, 2.45) is 0 Å². The van der Waals surface area contributed by atoms with Crippen molar-refractivity contribution in [3.8, 4) is 0 Å². The molecule has 3 amide bonds. The lowest BCUT2D eigenvalue weighted by Gasteiger charge is -2.15. The molecule has 2 rings (SSSR count). The summed E-state index contributed by atoms with van der Waals surface area (Å²) in [4.78, 5) is 43.6. The Morgan fingerprint density at radius 2 is 2.07 bits per heavy atom. The van der Waals surface area contributed by atoms with Crippen molar-refractivity contribution in [1.29, 1.82) is 0 Å². The number of carbonyl (C=O) groups is 3. The molecule has 0 radical (unpaired) electrons. The van der Waals surface area contributed by atoms with Gasteiger partial charge in [-0.1, -0.05) is 6.07 Å². The number of pyridine rings is 1. The van der Waals surface area contributed by atoms with E-state index >= 15 is 0 Å². The number of rotatable bonds is 9. The molecule has 10 nitrogen and oxygen atoms in total. The Balaban J connectivity index is 1.89. The van der Waals surface area contributed by atoms with Crippen LogP contribution in [0.25, 0.3) is 0 Å². The Hall–Kier alpha value is -3.05. The highest BCUT2D eigenvalue weighted by Gasteiger charge is 2.19. The van der Waals surface area contributed by atoms with E-state index in [0.29, 0.717) is 12.1 Å². The molecule has 0 atom stereocenters. The predicted molar refractivity (Wildman–Crippen MR) is 96.4 cm³/mol. The Morgan fingerprint density at radius 1 is 1.26 bits per heavy atom. The maximum atomic E-state index is 11.9. The van der Waals surface area contributed by atoms with Crippen LogP contribution in [-0.2, 0) is 22.6 Å². The van der Waals surface area contributed by atoms with Crippen molar-refractivity contribution in [2.75, 3.05) is 11.4 Å². The van der Waals surface area contributed by atoms with Crippen LogP contribution in [-0.4, -0.2) is 44.7 Å². The quantitative estimate of drug-likeness (QED) is 0.284. The molecule has 11 heteroatoms. The number of nitrogens with one attached hydrogen (secondary N) is 2. The highest BCUT2D eigenvalue weighted by Crippen LogP contribution is 2.23. The van der Waals surface area contributed by atoms with E-state index in [9.17, 15) is 19.5 Å². The summed E-state index contributed by atoms with van der Waals surface area (Å²) in [5.41, 5.74) is 2.70. The molecule has 0 spiro atoms. The van der Waals surface area contributed by atoms with Crippen LogP contribution >= 0.6 is 11.3 Å². The zero-order valence-electron chi connectivity index (χ0n) is 14.3. The van der Waals surface area contributed by atoms with Gasteiger partial charge in [0.25, 0.3) is 0 Å². The van der Waals surface area contributed by atoms with Crippen molar-refractivity contribution < 1.29 is 24.7 Å². The lowest BCUT2D eigenvalue weighted by molar-refractivity contribution is -0.129. The van der Waals surface area contributed by atoms with Crippen molar-refractivity contribution >= 4 is 34.4 Å². The van der Waals surface area contributed by atoms with Crippen LogP contribution in [0.15, 0.2) is 29.9 Å². The number of carbonyl (C=O) groups excluding carboxylic acids is 2. The molecule has 2 aromatic heterocycles. The number of hydroxylamine groups is 1. The van der Waals surface area contributed by atoms with Crippen LogP contribution in [0.5, 0.6) is 0 Å². The summed E-state index contributed by atoms with van der Waals surface area (Å²) >= 11 is 1.14. The largest absolute Gasteiger partial charge is 0.465 e. The summed E-state index contributed by atoms with van der Waals surface area (Å²) in [6.07, 6.45) is 2.52. The fourth-order valence-corrected chi connectivity index (χ4v) is 2.97. The standard InChI is InChI=1S/C16H19N5O5S/c22-13(20-26)4-2-6-18-14(23)7-12-10-27-15(19-12)21(16(24)25)9-11-3-1-5-17-8-11/h1,3,5,8,10,26H,2,4,6-7,9H2,(H,18,23)(H,20,22)(H,24,25). The van der Waals surface area contributed by atoms with Gasteiger partial charge in [-0.15, -0.1) is 11.3 Å². The molecular formula is C16H19N5O5S. The molecule has 27 heavy (non-hydrogen) atoms. The van der Waals surface area contributed by atoms with E-state index in [4.69, 9.17) is 5.21 Å². The first-order chi connectivity index (χ1) is 13.0. The Kier molecular flexibility index (Phi) is 7.64. The third kappa shape index (κ3) is 6.64. The molecule has 0 aliphatic carbocycles. The minimum absolute atomic E-state index is 0.00302. The van der Waals surface area contributed by atoms with Gasteiger partial charge in [0, 0.05) is 30.7 Å². The number of hydrogen-bond acceptors (Lipinski definition) is 7. The number of aromatic nitrogens is 2. The van der Waals surface area contributed by atoms with Gasteiger partial charge in [0.15, 0.2) is 5.13 Å². The SMILES string of the molecule is O=C(CCCNC(=O)Cc1csc(N(Cc2cccnc2)C(=O)O)n1)NO. The molecule has 144 valence electrons. The van der Waals surface area contributed by atoms with E-state index in [1.165, 1.54) is 5.48 Å². The zero-order valence-corrected chi connectivity index (χ0v) is 15.1. The minimum Gasteiger partial charge on any atom is -0.465 e. The molecule has 0 unspecified atom stereocenters. The average molecular weight is 393 g/mol. The van der Waals surface area contributed by atoms with Crippen LogP contribution in [0.3, 0.4) is 0 Å². The first-order valence-electron chi connectivity index (χ1n) is 8.03. The number of nitrogens with zero attached hydrogens (tertiary/aromatic N) is 3. The molecule has 0 fully saturated rings. The maximum Gasteiger partial charge on any atom is 0.413 e. The van der Waals surface area contributed by atoms with Gasteiger partial charge in [-0.3, -0.25) is 19.8 Å². The monoisotopic (exact) mass is 393 g/mol. The van der Waals surface area contributed by atoms with Crippen LogP contribution in [0, 0.1) is 0 Å². The highest BCUT2D eigenvalue weighted by atomic mass is 32.1. The van der Waals surface area contributed by atoms with Gasteiger partial charge < -0.3 is 10.4 Å². The van der Waals surface area contributed by atoms with Gasteiger partial charge in [-0.25, -0.2) is 20.2 Å². The van der Waals surface area contributed by atoms with Crippen molar-refractivity contribution in [1.82, 2.24) is 20.8 Å². The average Bonchev–Trinajstić information content (AvgIpc) is 3.11. The van der Waals surface area contributed by atoms with Crippen molar-refractivity contribution in [3.63, 3.8) is 0 Å². The van der Waals surface area contributed by atoms with E-state index in [1.807, 2.05) is 0 Å². The van der Waals surface area contributed by atoms with E-state index in [-0.39, 0.29) is 37.0 Å². The summed E-state index contributed by atoms with van der Waals surface area (Å²) in [5.74, 6) is -0.804. The zero-order chi connectivity index (χ0) is 19.6. The van der Waals surface area contributed by atoms with Gasteiger partial charge in [-0.2, -0.15) is 0 Å². The lowest BCUT2D eigenvalue weighted by Crippen LogP contribution is -2.29. The molecule has 0 bridgehead atoms. The molecule has 2 aromatic rings. The Morgan fingerprint density at radius 3 is 2.74 bits per heavy atom. The summed E-state index contributed by atoms with van der Waals surface area (Å²) < 4.78 is 0. The number of carboxylic acid groups (broad SMARTS) is 1. The smallest absolute Gasteiger partial charge is 0.413 e. The Labute approximate surface area is 158 Å². The number of anilines is 1. The molecular weight excluding hydrogens is 374 g/mol.